The van der Waals surface area contributed by atoms with Crippen LogP contribution in [-0.2, 0) is 6.54 Å². The average molecular weight is 423 g/mol. The fourth-order valence-electron chi connectivity index (χ4n) is 2.74. The van der Waals surface area contributed by atoms with Crippen molar-refractivity contribution < 1.29 is 27.0 Å². The quantitative estimate of drug-likeness (QED) is 0.576. The van der Waals surface area contributed by atoms with Crippen LogP contribution in [0.5, 0.6) is 11.5 Å². The van der Waals surface area contributed by atoms with Crippen molar-refractivity contribution in [2.24, 2.45) is 0 Å². The first-order valence-corrected chi connectivity index (χ1v) is 8.68. The fraction of sp³-hybridized carbons (Fsp3) is 0.200. The van der Waals surface area contributed by atoms with E-state index in [1.54, 1.807) is 6.92 Å². The van der Waals surface area contributed by atoms with Crippen LogP contribution < -0.4 is 20.3 Å². The molecule has 0 aliphatic carbocycles. The average Bonchev–Trinajstić information content (AvgIpc) is 2.68. The second-order valence-electron chi connectivity index (χ2n) is 6.29. The Kier molecular flexibility index (Phi) is 6.24. The van der Waals surface area contributed by atoms with Gasteiger partial charge in [0.2, 0.25) is 11.7 Å². The number of nitrogens with one attached hydrogen (secondary N) is 1. The summed E-state index contributed by atoms with van der Waals surface area (Å²) in [6.07, 6.45) is 1.38. The maximum absolute atomic E-state index is 13.6. The highest BCUT2D eigenvalue weighted by Crippen LogP contribution is 2.25. The lowest BCUT2D eigenvalue weighted by Crippen LogP contribution is -2.19. The zero-order valence-corrected chi connectivity index (χ0v) is 16.0. The highest BCUT2D eigenvalue weighted by molar-refractivity contribution is 5.60. The van der Waals surface area contributed by atoms with Crippen LogP contribution in [0.25, 0.3) is 0 Å². The van der Waals surface area contributed by atoms with Crippen molar-refractivity contribution in [3.63, 3.8) is 0 Å². The molecule has 1 N–H and O–H groups in total. The Morgan fingerprint density at radius 1 is 1.13 bits per heavy atom. The summed E-state index contributed by atoms with van der Waals surface area (Å²) in [6.45, 7) is -1.25. The molecule has 0 bridgehead atoms. The molecule has 0 amide bonds. The Bertz CT molecular complexity index is 1120. The standard InChI is InChI=1S/C20H17F4N3O3/c1-11-7-13(30-19(23)24)4-6-16(11)25-20-26-18(28)17(29-2)10-27(20)9-12-3-5-14(21)15(22)8-12/h3-8,10,19H,9H2,1-2H3,(H,25,26,28). The molecule has 1 heterocycles. The Morgan fingerprint density at radius 2 is 1.90 bits per heavy atom. The van der Waals surface area contributed by atoms with Crippen LogP contribution in [0, 0.1) is 18.6 Å². The number of ether oxygens (including phenoxy) is 2. The number of anilines is 2. The van der Waals surface area contributed by atoms with Crippen molar-refractivity contribution in [3.05, 3.63) is 75.7 Å². The van der Waals surface area contributed by atoms with Gasteiger partial charge in [0.15, 0.2) is 11.6 Å². The van der Waals surface area contributed by atoms with Crippen molar-refractivity contribution in [1.29, 1.82) is 0 Å². The van der Waals surface area contributed by atoms with Crippen LogP contribution in [0.1, 0.15) is 11.1 Å². The molecule has 10 heteroatoms. The van der Waals surface area contributed by atoms with E-state index in [9.17, 15) is 22.4 Å². The fourth-order valence-corrected chi connectivity index (χ4v) is 2.74. The minimum Gasteiger partial charge on any atom is -0.490 e. The van der Waals surface area contributed by atoms with Gasteiger partial charge in [-0.2, -0.15) is 13.8 Å². The molecule has 2 aromatic carbocycles. The molecule has 6 nitrogen and oxygen atoms in total. The van der Waals surface area contributed by atoms with Gasteiger partial charge in [0.05, 0.1) is 19.9 Å². The van der Waals surface area contributed by atoms with E-state index in [1.165, 1.54) is 42.1 Å². The Labute approximate surface area is 168 Å². The van der Waals surface area contributed by atoms with Gasteiger partial charge in [0, 0.05) is 5.69 Å². The molecule has 0 aliphatic heterocycles. The van der Waals surface area contributed by atoms with Crippen LogP contribution in [0.4, 0.5) is 29.2 Å². The van der Waals surface area contributed by atoms with Gasteiger partial charge in [-0.1, -0.05) is 6.07 Å². The lowest BCUT2D eigenvalue weighted by Gasteiger charge is -2.17. The Morgan fingerprint density at radius 3 is 2.53 bits per heavy atom. The molecule has 0 saturated carbocycles. The number of rotatable bonds is 7. The number of hydrogen-bond acceptors (Lipinski definition) is 5. The van der Waals surface area contributed by atoms with E-state index in [1.807, 2.05) is 0 Å². The molecule has 0 atom stereocenters. The van der Waals surface area contributed by atoms with Gasteiger partial charge in [-0.05, 0) is 48.4 Å². The zero-order valence-electron chi connectivity index (χ0n) is 16.0. The number of alkyl halides is 2. The number of aryl methyl sites for hydroxylation is 1. The first-order chi connectivity index (χ1) is 14.3. The summed E-state index contributed by atoms with van der Waals surface area (Å²) in [5, 5.41) is 2.95. The highest BCUT2D eigenvalue weighted by atomic mass is 19.3. The van der Waals surface area contributed by atoms with Crippen molar-refractivity contribution in [1.82, 2.24) is 9.55 Å². The van der Waals surface area contributed by atoms with E-state index in [0.717, 1.165) is 12.1 Å². The minimum atomic E-state index is -2.95. The van der Waals surface area contributed by atoms with Crippen LogP contribution in [-0.4, -0.2) is 23.3 Å². The van der Waals surface area contributed by atoms with Gasteiger partial charge < -0.3 is 19.4 Å². The number of hydrogen-bond donors (Lipinski definition) is 1. The maximum Gasteiger partial charge on any atom is 0.387 e. The van der Waals surface area contributed by atoms with Crippen molar-refractivity contribution in [2.75, 3.05) is 12.4 Å². The number of nitrogens with zero attached hydrogens (tertiary/aromatic N) is 2. The number of aromatic nitrogens is 2. The lowest BCUT2D eigenvalue weighted by molar-refractivity contribution is -0.0498. The first-order valence-electron chi connectivity index (χ1n) is 8.68. The summed E-state index contributed by atoms with van der Waals surface area (Å²) in [4.78, 5) is 16.1. The maximum atomic E-state index is 13.6. The van der Waals surface area contributed by atoms with Crippen LogP contribution in [0.15, 0.2) is 47.4 Å². The third-order valence-corrected chi connectivity index (χ3v) is 4.19. The van der Waals surface area contributed by atoms with Gasteiger partial charge >= 0.3 is 12.2 Å². The Hall–Kier alpha value is -3.56. The smallest absolute Gasteiger partial charge is 0.387 e. The van der Waals surface area contributed by atoms with Crippen molar-refractivity contribution in [3.8, 4) is 11.5 Å². The van der Waals surface area contributed by atoms with Crippen LogP contribution in [0.2, 0.25) is 0 Å². The molecule has 3 rings (SSSR count). The summed E-state index contributed by atoms with van der Waals surface area (Å²) < 4.78 is 62.4. The number of methoxy groups -OCH3 is 1. The van der Waals surface area contributed by atoms with E-state index in [-0.39, 0.29) is 24.0 Å². The van der Waals surface area contributed by atoms with Gasteiger partial charge in [0.25, 0.3) is 0 Å². The van der Waals surface area contributed by atoms with Crippen LogP contribution in [0.3, 0.4) is 0 Å². The monoisotopic (exact) mass is 423 g/mol. The predicted octanol–water partition coefficient (Wildman–Crippen LogP) is 4.23. The minimum absolute atomic E-state index is 0.0186. The van der Waals surface area contributed by atoms with E-state index < -0.39 is 23.8 Å². The zero-order chi connectivity index (χ0) is 21.8. The largest absolute Gasteiger partial charge is 0.490 e. The van der Waals surface area contributed by atoms with Gasteiger partial charge in [0.1, 0.15) is 5.75 Å². The molecule has 1 aromatic heterocycles. The van der Waals surface area contributed by atoms with E-state index in [4.69, 9.17) is 4.74 Å². The summed E-state index contributed by atoms with van der Waals surface area (Å²) >= 11 is 0. The van der Waals surface area contributed by atoms with Crippen molar-refractivity contribution >= 4 is 11.6 Å². The third kappa shape index (κ3) is 4.88. The summed E-state index contributed by atoms with van der Waals surface area (Å²) in [5.41, 5.74) is 0.809. The third-order valence-electron chi connectivity index (χ3n) is 4.19. The molecule has 30 heavy (non-hydrogen) atoms. The topological polar surface area (TPSA) is 65.4 Å². The van der Waals surface area contributed by atoms with Crippen molar-refractivity contribution in [2.45, 2.75) is 20.1 Å². The molecule has 0 aliphatic rings. The molecule has 0 radical (unpaired) electrons. The number of halogens is 4. The normalized spacial score (nSPS) is 10.9. The van der Waals surface area contributed by atoms with Gasteiger partial charge in [-0.3, -0.25) is 4.79 Å². The molecular formula is C20H17F4N3O3. The highest BCUT2D eigenvalue weighted by Gasteiger charge is 2.13. The Balaban J connectivity index is 1.96. The molecule has 3 aromatic rings. The molecular weight excluding hydrogens is 406 g/mol. The number of benzene rings is 2. The molecule has 0 saturated heterocycles. The molecule has 0 fully saturated rings. The first kappa shape index (κ1) is 21.2. The molecule has 0 spiro atoms. The van der Waals surface area contributed by atoms with Gasteiger partial charge in [-0.15, -0.1) is 0 Å². The van der Waals surface area contributed by atoms with E-state index >= 15 is 0 Å². The second-order valence-corrected chi connectivity index (χ2v) is 6.29. The second kappa shape index (κ2) is 8.85. The summed E-state index contributed by atoms with van der Waals surface area (Å²) in [6, 6.07) is 7.65. The van der Waals surface area contributed by atoms with Crippen LogP contribution >= 0.6 is 0 Å². The molecule has 0 unspecified atom stereocenters. The molecule has 158 valence electrons. The van der Waals surface area contributed by atoms with Gasteiger partial charge in [-0.25, -0.2) is 8.78 Å². The SMILES string of the molecule is COc1cn(Cc2ccc(F)c(F)c2)c(Nc2ccc(OC(F)F)cc2C)nc1=O. The predicted molar refractivity (Wildman–Crippen MR) is 102 cm³/mol. The summed E-state index contributed by atoms with van der Waals surface area (Å²) in [5.74, 6) is -1.95. The summed E-state index contributed by atoms with van der Waals surface area (Å²) in [7, 11) is 1.30. The van der Waals surface area contributed by atoms with E-state index in [0.29, 0.717) is 16.8 Å². The van der Waals surface area contributed by atoms with E-state index in [2.05, 4.69) is 15.0 Å². The lowest BCUT2D eigenvalue weighted by atomic mass is 10.2.